The molecule has 3 aromatic heterocycles. The molecular formula is C26H19N5O. The quantitative estimate of drug-likeness (QED) is 0.358. The van der Waals surface area contributed by atoms with Crippen LogP contribution in [0.15, 0.2) is 110 Å². The van der Waals surface area contributed by atoms with Crippen LogP contribution in [0.5, 0.6) is 11.5 Å². The summed E-state index contributed by atoms with van der Waals surface area (Å²) in [6.45, 7) is 0. The Hall–Kier alpha value is -4.58. The first-order valence-corrected chi connectivity index (χ1v) is 10.1. The van der Waals surface area contributed by atoms with E-state index in [2.05, 4.69) is 15.3 Å². The third-order valence-electron chi connectivity index (χ3n) is 4.68. The third-order valence-corrected chi connectivity index (χ3v) is 4.68. The summed E-state index contributed by atoms with van der Waals surface area (Å²) in [5.74, 6) is 2.80. The van der Waals surface area contributed by atoms with Gasteiger partial charge in [0.2, 0.25) is 0 Å². The predicted octanol–water partition coefficient (Wildman–Crippen LogP) is 6.14. The van der Waals surface area contributed by atoms with Crippen molar-refractivity contribution in [3.05, 3.63) is 110 Å². The molecule has 2 aromatic carbocycles. The van der Waals surface area contributed by atoms with E-state index in [1.165, 1.54) is 0 Å². The molecule has 0 unspecified atom stereocenters. The maximum Gasteiger partial charge on any atom is 0.163 e. The first kappa shape index (κ1) is 19.4. The van der Waals surface area contributed by atoms with Crippen LogP contribution < -0.4 is 10.1 Å². The summed E-state index contributed by atoms with van der Waals surface area (Å²) in [4.78, 5) is 18.0. The molecule has 0 saturated carbocycles. The minimum Gasteiger partial charge on any atom is -0.457 e. The fourth-order valence-electron chi connectivity index (χ4n) is 3.16. The molecule has 6 heteroatoms. The normalized spacial score (nSPS) is 10.5. The topological polar surface area (TPSA) is 72.8 Å². The van der Waals surface area contributed by atoms with E-state index in [4.69, 9.17) is 14.7 Å². The van der Waals surface area contributed by atoms with Gasteiger partial charge in [0.25, 0.3) is 0 Å². The highest BCUT2D eigenvalue weighted by Crippen LogP contribution is 2.27. The highest BCUT2D eigenvalue weighted by molar-refractivity contribution is 5.68. The lowest BCUT2D eigenvalue weighted by Crippen LogP contribution is -2.00. The Balaban J connectivity index is 1.43. The molecule has 0 amide bonds. The zero-order valence-electron chi connectivity index (χ0n) is 17.1. The molecule has 32 heavy (non-hydrogen) atoms. The SMILES string of the molecule is c1ccc(Oc2ccc(Nc3cc(-c4ccccn4)nc(-c4cccnc4)n3)cc2)cc1. The maximum atomic E-state index is 5.87. The summed E-state index contributed by atoms with van der Waals surface area (Å²) in [7, 11) is 0. The van der Waals surface area contributed by atoms with Crippen LogP contribution in [0.2, 0.25) is 0 Å². The molecule has 6 nitrogen and oxygen atoms in total. The average molecular weight is 417 g/mol. The van der Waals surface area contributed by atoms with Crippen molar-refractivity contribution in [2.45, 2.75) is 0 Å². The highest BCUT2D eigenvalue weighted by atomic mass is 16.5. The van der Waals surface area contributed by atoms with Gasteiger partial charge in [0.15, 0.2) is 5.82 Å². The minimum absolute atomic E-state index is 0.577. The fraction of sp³-hybridized carbons (Fsp3) is 0. The van der Waals surface area contributed by atoms with Gasteiger partial charge in [0, 0.05) is 35.9 Å². The van der Waals surface area contributed by atoms with Crippen LogP contribution in [-0.4, -0.2) is 19.9 Å². The summed E-state index contributed by atoms with van der Waals surface area (Å²) in [5, 5.41) is 3.36. The molecule has 0 aliphatic heterocycles. The zero-order valence-corrected chi connectivity index (χ0v) is 17.1. The Morgan fingerprint density at radius 2 is 1.47 bits per heavy atom. The number of nitrogens with zero attached hydrogens (tertiary/aromatic N) is 4. The number of hydrogen-bond acceptors (Lipinski definition) is 6. The van der Waals surface area contributed by atoms with Crippen LogP contribution in [0.1, 0.15) is 0 Å². The van der Waals surface area contributed by atoms with Crippen LogP contribution in [0.25, 0.3) is 22.8 Å². The van der Waals surface area contributed by atoms with E-state index in [-0.39, 0.29) is 0 Å². The van der Waals surface area contributed by atoms with Crippen molar-refractivity contribution in [3.63, 3.8) is 0 Å². The molecule has 0 aliphatic rings. The predicted molar refractivity (Wildman–Crippen MR) is 125 cm³/mol. The van der Waals surface area contributed by atoms with E-state index in [0.29, 0.717) is 11.6 Å². The number of anilines is 2. The van der Waals surface area contributed by atoms with Gasteiger partial charge in [-0.1, -0.05) is 24.3 Å². The molecule has 1 N–H and O–H groups in total. The van der Waals surface area contributed by atoms with Crippen molar-refractivity contribution in [3.8, 4) is 34.3 Å². The fourth-order valence-corrected chi connectivity index (χ4v) is 3.16. The maximum absolute atomic E-state index is 5.87. The zero-order chi connectivity index (χ0) is 21.6. The van der Waals surface area contributed by atoms with Crippen molar-refractivity contribution in [2.75, 3.05) is 5.32 Å². The lowest BCUT2D eigenvalue weighted by atomic mass is 10.2. The van der Waals surface area contributed by atoms with Crippen molar-refractivity contribution < 1.29 is 4.74 Å². The molecule has 0 saturated heterocycles. The number of pyridine rings is 2. The number of para-hydroxylation sites is 1. The lowest BCUT2D eigenvalue weighted by molar-refractivity contribution is 0.483. The van der Waals surface area contributed by atoms with Gasteiger partial charge in [-0.3, -0.25) is 9.97 Å². The molecule has 0 spiro atoms. The van der Waals surface area contributed by atoms with Crippen molar-refractivity contribution in [2.24, 2.45) is 0 Å². The molecule has 0 fully saturated rings. The van der Waals surface area contributed by atoms with Crippen LogP contribution in [0, 0.1) is 0 Å². The largest absolute Gasteiger partial charge is 0.457 e. The van der Waals surface area contributed by atoms with Gasteiger partial charge in [-0.25, -0.2) is 9.97 Å². The van der Waals surface area contributed by atoms with E-state index < -0.39 is 0 Å². The summed E-state index contributed by atoms with van der Waals surface area (Å²) >= 11 is 0. The molecule has 0 aliphatic carbocycles. The van der Waals surface area contributed by atoms with Crippen LogP contribution in [0.3, 0.4) is 0 Å². The molecule has 5 aromatic rings. The molecule has 5 rings (SSSR count). The summed E-state index contributed by atoms with van der Waals surface area (Å²) in [5.41, 5.74) is 3.22. The average Bonchev–Trinajstić information content (AvgIpc) is 2.87. The Bertz CT molecular complexity index is 1240. The van der Waals surface area contributed by atoms with Gasteiger partial charge in [-0.2, -0.15) is 0 Å². The standard InChI is InChI=1S/C26H19N5O/c1-2-8-21(9-3-1)32-22-13-11-20(12-14-22)29-25-17-24(23-10-4-5-16-28-23)30-26(31-25)19-7-6-15-27-18-19/h1-18H,(H,29,30,31). The summed E-state index contributed by atoms with van der Waals surface area (Å²) < 4.78 is 5.87. The minimum atomic E-state index is 0.577. The van der Waals surface area contributed by atoms with Gasteiger partial charge >= 0.3 is 0 Å². The Morgan fingerprint density at radius 3 is 2.22 bits per heavy atom. The van der Waals surface area contributed by atoms with E-state index in [9.17, 15) is 0 Å². The molecule has 154 valence electrons. The van der Waals surface area contributed by atoms with Crippen LogP contribution in [0.4, 0.5) is 11.5 Å². The van der Waals surface area contributed by atoms with Crippen LogP contribution in [-0.2, 0) is 0 Å². The molecule has 0 radical (unpaired) electrons. The lowest BCUT2D eigenvalue weighted by Gasteiger charge is -2.11. The monoisotopic (exact) mass is 417 g/mol. The number of benzene rings is 2. The first-order valence-electron chi connectivity index (χ1n) is 10.1. The van der Waals surface area contributed by atoms with Crippen LogP contribution >= 0.6 is 0 Å². The van der Waals surface area contributed by atoms with E-state index in [0.717, 1.165) is 34.1 Å². The highest BCUT2D eigenvalue weighted by Gasteiger charge is 2.10. The van der Waals surface area contributed by atoms with E-state index >= 15 is 0 Å². The van der Waals surface area contributed by atoms with E-state index in [1.807, 2.05) is 91.0 Å². The number of ether oxygens (including phenoxy) is 1. The number of hydrogen-bond donors (Lipinski definition) is 1. The second-order valence-corrected chi connectivity index (χ2v) is 6.98. The van der Waals surface area contributed by atoms with Gasteiger partial charge in [-0.15, -0.1) is 0 Å². The van der Waals surface area contributed by atoms with Gasteiger partial charge < -0.3 is 10.1 Å². The van der Waals surface area contributed by atoms with Crippen molar-refractivity contribution >= 4 is 11.5 Å². The van der Waals surface area contributed by atoms with Gasteiger partial charge in [-0.05, 0) is 60.7 Å². The second kappa shape index (κ2) is 9.06. The Morgan fingerprint density at radius 1 is 0.656 bits per heavy atom. The molecule has 0 atom stereocenters. The third kappa shape index (κ3) is 4.60. The van der Waals surface area contributed by atoms with Crippen molar-refractivity contribution in [1.82, 2.24) is 19.9 Å². The molecule has 0 bridgehead atoms. The smallest absolute Gasteiger partial charge is 0.163 e. The van der Waals surface area contributed by atoms with Gasteiger partial charge in [0.05, 0.1) is 11.4 Å². The van der Waals surface area contributed by atoms with Gasteiger partial charge in [0.1, 0.15) is 17.3 Å². The van der Waals surface area contributed by atoms with E-state index in [1.54, 1.807) is 18.6 Å². The Labute approximate surface area is 185 Å². The Kier molecular flexibility index (Phi) is 5.49. The first-order chi connectivity index (χ1) is 15.8. The molecular weight excluding hydrogens is 398 g/mol. The number of aromatic nitrogens is 4. The molecule has 3 heterocycles. The summed E-state index contributed by atoms with van der Waals surface area (Å²) in [6, 6.07) is 28.8. The number of nitrogens with one attached hydrogen (secondary N) is 1. The second-order valence-electron chi connectivity index (χ2n) is 6.98. The van der Waals surface area contributed by atoms with Crippen molar-refractivity contribution in [1.29, 1.82) is 0 Å². The summed E-state index contributed by atoms with van der Waals surface area (Å²) in [6.07, 6.45) is 5.22. The number of rotatable bonds is 6.